The molecule has 0 radical (unpaired) electrons. The van der Waals surface area contributed by atoms with Crippen molar-refractivity contribution >= 4 is 10.0 Å². The maximum atomic E-state index is 11.8. The topological polar surface area (TPSA) is 68.1 Å². The molecule has 0 aliphatic carbocycles. The van der Waals surface area contributed by atoms with Gasteiger partial charge < -0.3 is 4.57 Å². The standard InChI is InChI=1S/C12H22N4O2S/c1-4-19(17,18)15-6-5-11(8-15)7-12-14-13-9-16(12)10(2)3/h9-11H,4-8H2,1-3H3. The van der Waals surface area contributed by atoms with E-state index in [0.717, 1.165) is 18.7 Å². The fourth-order valence-corrected chi connectivity index (χ4v) is 3.69. The summed E-state index contributed by atoms with van der Waals surface area (Å²) in [4.78, 5) is 0. The average Bonchev–Trinajstić information content (AvgIpc) is 2.98. The molecule has 7 heteroatoms. The third-order valence-electron chi connectivity index (χ3n) is 3.68. The van der Waals surface area contributed by atoms with Crippen LogP contribution in [0.4, 0.5) is 0 Å². The number of rotatable bonds is 5. The smallest absolute Gasteiger partial charge is 0.213 e. The van der Waals surface area contributed by atoms with Gasteiger partial charge in [0, 0.05) is 25.6 Å². The molecule has 0 saturated carbocycles. The molecule has 1 aromatic heterocycles. The van der Waals surface area contributed by atoms with Gasteiger partial charge in [0.05, 0.1) is 5.75 Å². The van der Waals surface area contributed by atoms with E-state index in [1.54, 1.807) is 17.6 Å². The summed E-state index contributed by atoms with van der Waals surface area (Å²) in [5.41, 5.74) is 0. The Morgan fingerprint density at radius 3 is 2.84 bits per heavy atom. The Morgan fingerprint density at radius 1 is 1.47 bits per heavy atom. The normalized spacial score (nSPS) is 21.4. The Hall–Kier alpha value is -0.950. The van der Waals surface area contributed by atoms with Crippen LogP contribution in [0.5, 0.6) is 0 Å². The highest BCUT2D eigenvalue weighted by molar-refractivity contribution is 7.89. The summed E-state index contributed by atoms with van der Waals surface area (Å²) in [5, 5.41) is 8.10. The maximum Gasteiger partial charge on any atom is 0.213 e. The van der Waals surface area contributed by atoms with Gasteiger partial charge in [0.2, 0.25) is 10.0 Å². The van der Waals surface area contributed by atoms with E-state index in [1.807, 2.05) is 0 Å². The van der Waals surface area contributed by atoms with E-state index in [9.17, 15) is 8.42 Å². The van der Waals surface area contributed by atoms with Crippen LogP contribution in [0.25, 0.3) is 0 Å². The zero-order chi connectivity index (χ0) is 14.0. The van der Waals surface area contributed by atoms with Crippen molar-refractivity contribution in [2.45, 2.75) is 39.7 Å². The van der Waals surface area contributed by atoms with E-state index >= 15 is 0 Å². The molecule has 0 bridgehead atoms. The fourth-order valence-electron chi connectivity index (χ4n) is 2.50. The summed E-state index contributed by atoms with van der Waals surface area (Å²) in [6.07, 6.45) is 3.45. The first-order valence-corrected chi connectivity index (χ1v) is 8.41. The summed E-state index contributed by atoms with van der Waals surface area (Å²) in [5.74, 6) is 1.49. The minimum atomic E-state index is -3.05. The Morgan fingerprint density at radius 2 is 2.21 bits per heavy atom. The second-order valence-corrected chi connectivity index (χ2v) is 7.62. The Labute approximate surface area is 114 Å². The van der Waals surface area contributed by atoms with E-state index < -0.39 is 10.0 Å². The van der Waals surface area contributed by atoms with Crippen molar-refractivity contribution in [1.29, 1.82) is 0 Å². The van der Waals surface area contributed by atoms with Gasteiger partial charge in [0.1, 0.15) is 12.2 Å². The molecular formula is C12H22N4O2S. The molecule has 1 aromatic rings. The van der Waals surface area contributed by atoms with Crippen molar-refractivity contribution in [1.82, 2.24) is 19.1 Å². The minimum absolute atomic E-state index is 0.182. The number of hydrogen-bond donors (Lipinski definition) is 0. The van der Waals surface area contributed by atoms with Crippen molar-refractivity contribution in [2.24, 2.45) is 5.92 Å². The number of aromatic nitrogens is 3. The molecule has 6 nitrogen and oxygen atoms in total. The predicted molar refractivity (Wildman–Crippen MR) is 73.3 cm³/mol. The number of hydrogen-bond acceptors (Lipinski definition) is 4. The quantitative estimate of drug-likeness (QED) is 0.812. The van der Waals surface area contributed by atoms with E-state index in [4.69, 9.17) is 0 Å². The lowest BCUT2D eigenvalue weighted by atomic mass is 10.0. The van der Waals surface area contributed by atoms with Gasteiger partial charge in [-0.1, -0.05) is 0 Å². The van der Waals surface area contributed by atoms with Gasteiger partial charge in [-0.2, -0.15) is 0 Å². The molecule has 2 heterocycles. The summed E-state index contributed by atoms with van der Waals surface area (Å²) < 4.78 is 27.3. The molecule has 0 amide bonds. The van der Waals surface area contributed by atoms with Crippen molar-refractivity contribution in [3.8, 4) is 0 Å². The molecule has 1 aliphatic heterocycles. The van der Waals surface area contributed by atoms with Crippen LogP contribution in [0, 0.1) is 5.92 Å². The molecule has 0 aromatic carbocycles. The molecule has 0 N–H and O–H groups in total. The van der Waals surface area contributed by atoms with Crippen LogP contribution in [0.3, 0.4) is 0 Å². The van der Waals surface area contributed by atoms with Crippen LogP contribution >= 0.6 is 0 Å². The molecule has 1 saturated heterocycles. The van der Waals surface area contributed by atoms with Crippen LogP contribution in [0.1, 0.15) is 39.1 Å². The molecule has 1 atom stereocenters. The molecule has 1 unspecified atom stereocenters. The zero-order valence-electron chi connectivity index (χ0n) is 11.8. The van der Waals surface area contributed by atoms with Crippen molar-refractivity contribution in [2.75, 3.05) is 18.8 Å². The van der Waals surface area contributed by atoms with E-state index in [-0.39, 0.29) is 5.75 Å². The summed E-state index contributed by atoms with van der Waals surface area (Å²) in [6.45, 7) is 7.13. The fraction of sp³-hybridized carbons (Fsp3) is 0.833. The van der Waals surface area contributed by atoms with E-state index in [1.165, 1.54) is 0 Å². The third-order valence-corrected chi connectivity index (χ3v) is 5.53. The second-order valence-electron chi connectivity index (χ2n) is 5.37. The van der Waals surface area contributed by atoms with Gasteiger partial charge in [-0.15, -0.1) is 10.2 Å². The highest BCUT2D eigenvalue weighted by Gasteiger charge is 2.31. The first-order chi connectivity index (χ1) is 8.94. The molecular weight excluding hydrogens is 264 g/mol. The van der Waals surface area contributed by atoms with Crippen LogP contribution in [-0.2, 0) is 16.4 Å². The summed E-state index contributed by atoms with van der Waals surface area (Å²) in [6, 6.07) is 0.335. The third kappa shape index (κ3) is 3.14. The monoisotopic (exact) mass is 286 g/mol. The van der Waals surface area contributed by atoms with Gasteiger partial charge in [0.25, 0.3) is 0 Å². The highest BCUT2D eigenvalue weighted by Crippen LogP contribution is 2.23. The first kappa shape index (κ1) is 14.5. The SMILES string of the molecule is CCS(=O)(=O)N1CCC(Cc2nncn2C(C)C)C1. The lowest BCUT2D eigenvalue weighted by molar-refractivity contribution is 0.447. The highest BCUT2D eigenvalue weighted by atomic mass is 32.2. The van der Waals surface area contributed by atoms with Crippen molar-refractivity contribution < 1.29 is 8.42 Å². The predicted octanol–water partition coefficient (Wildman–Crippen LogP) is 1.07. The molecule has 19 heavy (non-hydrogen) atoms. The van der Waals surface area contributed by atoms with E-state index in [2.05, 4.69) is 28.6 Å². The van der Waals surface area contributed by atoms with Crippen LogP contribution in [-0.4, -0.2) is 46.3 Å². The molecule has 0 spiro atoms. The zero-order valence-corrected chi connectivity index (χ0v) is 12.6. The van der Waals surface area contributed by atoms with Gasteiger partial charge in [0.15, 0.2) is 0 Å². The van der Waals surface area contributed by atoms with Gasteiger partial charge in [-0.3, -0.25) is 0 Å². The van der Waals surface area contributed by atoms with Crippen molar-refractivity contribution in [3.05, 3.63) is 12.2 Å². The Kier molecular flexibility index (Phi) is 4.25. The lowest BCUT2D eigenvalue weighted by Gasteiger charge is -2.16. The molecule has 1 aliphatic rings. The second kappa shape index (κ2) is 5.58. The lowest BCUT2D eigenvalue weighted by Crippen LogP contribution is -2.30. The summed E-state index contributed by atoms with van der Waals surface area (Å²) in [7, 11) is -3.05. The number of nitrogens with zero attached hydrogens (tertiary/aromatic N) is 4. The van der Waals surface area contributed by atoms with Gasteiger partial charge in [-0.25, -0.2) is 12.7 Å². The first-order valence-electron chi connectivity index (χ1n) is 6.80. The maximum absolute atomic E-state index is 11.8. The Balaban J connectivity index is 2.01. The summed E-state index contributed by atoms with van der Waals surface area (Å²) >= 11 is 0. The minimum Gasteiger partial charge on any atom is -0.315 e. The molecule has 1 fully saturated rings. The molecule has 2 rings (SSSR count). The Bertz CT molecular complexity index is 524. The van der Waals surface area contributed by atoms with Gasteiger partial charge >= 0.3 is 0 Å². The average molecular weight is 286 g/mol. The van der Waals surface area contributed by atoms with Crippen molar-refractivity contribution in [3.63, 3.8) is 0 Å². The van der Waals surface area contributed by atoms with E-state index in [0.29, 0.717) is 25.0 Å². The number of sulfonamides is 1. The van der Waals surface area contributed by atoms with Crippen LogP contribution < -0.4 is 0 Å². The van der Waals surface area contributed by atoms with Crippen LogP contribution in [0.15, 0.2) is 6.33 Å². The van der Waals surface area contributed by atoms with Gasteiger partial charge in [-0.05, 0) is 33.1 Å². The largest absolute Gasteiger partial charge is 0.315 e. The molecule has 108 valence electrons. The van der Waals surface area contributed by atoms with Crippen LogP contribution in [0.2, 0.25) is 0 Å².